The number of aryl methyl sites for hydroxylation is 1. The normalized spacial score (nSPS) is 18.6. The van der Waals surface area contributed by atoms with Crippen molar-refractivity contribution in [3.8, 4) is 22.0 Å². The second kappa shape index (κ2) is 9.89. The van der Waals surface area contributed by atoms with Crippen LogP contribution < -0.4 is 0 Å². The van der Waals surface area contributed by atoms with Gasteiger partial charge >= 0.3 is 0 Å². The topological polar surface area (TPSA) is 71.9 Å². The van der Waals surface area contributed by atoms with Crippen molar-refractivity contribution in [3.05, 3.63) is 68.9 Å². The number of amides is 1. The second-order valence-corrected chi connectivity index (χ2v) is 14.1. The summed E-state index contributed by atoms with van der Waals surface area (Å²) in [5, 5.41) is 4.14. The van der Waals surface area contributed by atoms with Crippen molar-refractivity contribution in [2.75, 3.05) is 13.1 Å². The molecular weight excluding hydrogens is 523 g/mol. The lowest BCUT2D eigenvalue weighted by atomic mass is 9.63. The first kappa shape index (κ1) is 26.3. The molecule has 1 saturated heterocycles. The van der Waals surface area contributed by atoms with E-state index in [0.717, 1.165) is 42.3 Å². The largest absolute Gasteiger partial charge is 0.338 e. The average molecular weight is 558 g/mol. The van der Waals surface area contributed by atoms with Gasteiger partial charge in [0.1, 0.15) is 15.6 Å². The summed E-state index contributed by atoms with van der Waals surface area (Å²) >= 11 is 3.17. The van der Waals surface area contributed by atoms with Crippen molar-refractivity contribution in [1.82, 2.24) is 24.8 Å². The molecule has 0 spiro atoms. The van der Waals surface area contributed by atoms with Crippen LogP contribution in [0.3, 0.4) is 0 Å². The quantitative estimate of drug-likeness (QED) is 0.261. The summed E-state index contributed by atoms with van der Waals surface area (Å²) in [5.74, 6) is 0.455. The first-order valence-corrected chi connectivity index (χ1v) is 15.5. The van der Waals surface area contributed by atoms with E-state index in [-0.39, 0.29) is 16.7 Å². The number of hydrogen-bond donors (Lipinski definition) is 0. The fraction of sp³-hybridized carbons (Fsp3) is 0.452. The van der Waals surface area contributed by atoms with E-state index in [1.54, 1.807) is 29.9 Å². The minimum absolute atomic E-state index is 0.0676. The van der Waals surface area contributed by atoms with Crippen LogP contribution in [0.25, 0.3) is 22.0 Å². The Morgan fingerprint density at radius 3 is 2.44 bits per heavy atom. The van der Waals surface area contributed by atoms with Crippen LogP contribution in [0.4, 0.5) is 0 Å². The molecule has 6 rings (SSSR count). The van der Waals surface area contributed by atoms with E-state index in [1.807, 2.05) is 11.8 Å². The maximum atomic E-state index is 13.4. The third-order valence-corrected chi connectivity index (χ3v) is 10.8. The van der Waals surface area contributed by atoms with Gasteiger partial charge < -0.3 is 4.90 Å². The molecule has 0 atom stereocenters. The van der Waals surface area contributed by atoms with Crippen LogP contribution >= 0.6 is 22.7 Å². The monoisotopic (exact) mass is 557 g/mol. The highest BCUT2D eigenvalue weighted by Crippen LogP contribution is 2.47. The first-order valence-electron chi connectivity index (χ1n) is 13.8. The summed E-state index contributed by atoms with van der Waals surface area (Å²) in [6, 6.07) is 6.99. The standard InChI is InChI=1S/C31H35N5OS2/c1-19-26(39-28(34-19)24-17-32-12-13-33-24)29(37)36-14-8-20(9-15-36)27-35-25(18-38-27)21-6-7-22-23(16-21)31(4,5)11-10-30(22,2)3/h6-7,12-13,16-18,20H,8-11,14-15H2,1-5H3. The number of rotatable bonds is 4. The average Bonchev–Trinajstić information content (AvgIpc) is 3.59. The molecule has 0 unspecified atom stereocenters. The summed E-state index contributed by atoms with van der Waals surface area (Å²) in [4.78, 5) is 34.2. The van der Waals surface area contributed by atoms with Crippen molar-refractivity contribution in [2.45, 2.75) is 77.0 Å². The molecule has 1 amide bonds. The number of piperidine rings is 1. The van der Waals surface area contributed by atoms with E-state index in [9.17, 15) is 4.79 Å². The third kappa shape index (κ3) is 4.93. The van der Waals surface area contributed by atoms with Crippen LogP contribution in [-0.4, -0.2) is 43.8 Å². The van der Waals surface area contributed by atoms with Gasteiger partial charge in [-0.25, -0.2) is 9.97 Å². The number of carbonyl (C=O) groups is 1. The summed E-state index contributed by atoms with van der Waals surface area (Å²) in [7, 11) is 0. The zero-order valence-electron chi connectivity index (χ0n) is 23.3. The van der Waals surface area contributed by atoms with Crippen LogP contribution in [0.5, 0.6) is 0 Å². The second-order valence-electron chi connectivity index (χ2n) is 12.2. The predicted molar refractivity (Wildman–Crippen MR) is 159 cm³/mol. The molecule has 39 heavy (non-hydrogen) atoms. The Morgan fingerprint density at radius 2 is 1.72 bits per heavy atom. The molecule has 2 aliphatic rings. The molecule has 202 valence electrons. The van der Waals surface area contributed by atoms with E-state index >= 15 is 0 Å². The molecule has 1 fully saturated rings. The number of aromatic nitrogens is 4. The van der Waals surface area contributed by atoms with Crippen molar-refractivity contribution in [1.29, 1.82) is 0 Å². The highest BCUT2D eigenvalue weighted by molar-refractivity contribution is 7.17. The number of fused-ring (bicyclic) bond motifs is 1. The highest BCUT2D eigenvalue weighted by Gasteiger charge is 2.37. The van der Waals surface area contributed by atoms with E-state index in [1.165, 1.54) is 45.9 Å². The number of thiazole rings is 2. The molecule has 6 nitrogen and oxygen atoms in total. The summed E-state index contributed by atoms with van der Waals surface area (Å²) in [6.45, 7) is 12.8. The van der Waals surface area contributed by atoms with E-state index < -0.39 is 0 Å². The molecule has 3 aromatic heterocycles. The molecule has 1 aromatic carbocycles. The molecule has 0 saturated carbocycles. The molecule has 0 bridgehead atoms. The van der Waals surface area contributed by atoms with Gasteiger partial charge in [0.05, 0.1) is 22.6 Å². The fourth-order valence-electron chi connectivity index (χ4n) is 5.94. The van der Waals surface area contributed by atoms with Crippen LogP contribution in [0.15, 0.2) is 42.2 Å². The zero-order valence-corrected chi connectivity index (χ0v) is 25.0. The molecule has 1 aliphatic carbocycles. The Bertz CT molecular complexity index is 1510. The first-order chi connectivity index (χ1) is 18.6. The van der Waals surface area contributed by atoms with Gasteiger partial charge in [-0.1, -0.05) is 39.8 Å². The Kier molecular flexibility index (Phi) is 6.66. The van der Waals surface area contributed by atoms with Gasteiger partial charge in [-0.15, -0.1) is 22.7 Å². The van der Waals surface area contributed by atoms with Crippen LogP contribution in [0, 0.1) is 6.92 Å². The molecular formula is C31H35N5OS2. The number of benzene rings is 1. The van der Waals surface area contributed by atoms with Crippen molar-refractivity contribution < 1.29 is 4.79 Å². The minimum Gasteiger partial charge on any atom is -0.338 e. The number of hydrogen-bond acceptors (Lipinski definition) is 7. The van der Waals surface area contributed by atoms with Crippen molar-refractivity contribution in [2.24, 2.45) is 0 Å². The minimum atomic E-state index is 0.0676. The fourth-order valence-corrected chi connectivity index (χ4v) is 7.94. The van der Waals surface area contributed by atoms with Gasteiger partial charge in [0.25, 0.3) is 5.91 Å². The summed E-state index contributed by atoms with van der Waals surface area (Å²) < 4.78 is 0. The summed E-state index contributed by atoms with van der Waals surface area (Å²) in [6.07, 6.45) is 9.26. The van der Waals surface area contributed by atoms with Gasteiger partial charge in [0, 0.05) is 42.3 Å². The molecule has 4 heterocycles. The lowest BCUT2D eigenvalue weighted by Gasteiger charge is -2.42. The van der Waals surface area contributed by atoms with Crippen LogP contribution in [-0.2, 0) is 10.8 Å². The molecule has 4 aromatic rings. The van der Waals surface area contributed by atoms with Gasteiger partial charge in [-0.3, -0.25) is 14.8 Å². The number of carbonyl (C=O) groups excluding carboxylic acids is 1. The highest BCUT2D eigenvalue weighted by atomic mass is 32.1. The van der Waals surface area contributed by atoms with E-state index in [0.29, 0.717) is 16.5 Å². The Morgan fingerprint density at radius 1 is 0.974 bits per heavy atom. The van der Waals surface area contributed by atoms with Crippen LogP contribution in [0.1, 0.15) is 90.8 Å². The number of nitrogens with zero attached hydrogens (tertiary/aromatic N) is 5. The Labute approximate surface area is 238 Å². The van der Waals surface area contributed by atoms with E-state index in [2.05, 4.69) is 66.2 Å². The maximum Gasteiger partial charge on any atom is 0.265 e. The summed E-state index contributed by atoms with van der Waals surface area (Å²) in [5.41, 5.74) is 7.11. The molecule has 0 N–H and O–H groups in total. The Balaban J connectivity index is 1.15. The predicted octanol–water partition coefficient (Wildman–Crippen LogP) is 7.40. The molecule has 8 heteroatoms. The van der Waals surface area contributed by atoms with Gasteiger partial charge in [0.15, 0.2) is 0 Å². The SMILES string of the molecule is Cc1nc(-c2cnccn2)sc1C(=O)N1CCC(c2nc(-c3ccc4c(c3)C(C)(C)CCC4(C)C)cs2)CC1. The molecule has 0 radical (unpaired) electrons. The van der Waals surface area contributed by atoms with E-state index in [4.69, 9.17) is 4.98 Å². The smallest absolute Gasteiger partial charge is 0.265 e. The number of likely N-dealkylation sites (tertiary alicyclic amines) is 1. The van der Waals surface area contributed by atoms with Crippen LogP contribution in [0.2, 0.25) is 0 Å². The Hall–Kier alpha value is -2.97. The van der Waals surface area contributed by atoms with Crippen molar-refractivity contribution >= 4 is 28.6 Å². The maximum absolute atomic E-state index is 13.4. The van der Waals surface area contributed by atoms with Gasteiger partial charge in [-0.05, 0) is 60.6 Å². The third-order valence-electron chi connectivity index (χ3n) is 8.58. The molecule has 1 aliphatic heterocycles. The van der Waals surface area contributed by atoms with Crippen molar-refractivity contribution in [3.63, 3.8) is 0 Å². The van der Waals surface area contributed by atoms with Gasteiger partial charge in [-0.2, -0.15) is 0 Å². The lowest BCUT2D eigenvalue weighted by Crippen LogP contribution is -2.37. The van der Waals surface area contributed by atoms with Gasteiger partial charge in [0.2, 0.25) is 0 Å². The lowest BCUT2D eigenvalue weighted by molar-refractivity contribution is 0.0717. The zero-order chi connectivity index (χ0) is 27.4.